The maximum atomic E-state index is 13.5. The van der Waals surface area contributed by atoms with E-state index in [0.717, 1.165) is 5.39 Å². The van der Waals surface area contributed by atoms with E-state index >= 15 is 0 Å². The summed E-state index contributed by atoms with van der Waals surface area (Å²) in [5, 5.41) is 14.1. The van der Waals surface area contributed by atoms with Crippen molar-refractivity contribution < 1.29 is 0 Å². The lowest BCUT2D eigenvalue weighted by atomic mass is 10.1. The molecule has 0 bridgehead atoms. The molecule has 0 unspecified atom stereocenters. The number of pyridine rings is 1. The number of benzene rings is 2. The number of aromatic nitrogens is 3. The normalized spacial score (nSPS) is 11.8. The van der Waals surface area contributed by atoms with Gasteiger partial charge < -0.3 is 11.1 Å². The summed E-state index contributed by atoms with van der Waals surface area (Å²) in [5.41, 5.74) is 7.11. The number of anilines is 2. The molecule has 0 spiro atoms. The third-order valence-corrected chi connectivity index (χ3v) is 5.08. The Morgan fingerprint density at radius 3 is 2.70 bits per heavy atom. The van der Waals surface area contributed by atoms with Crippen molar-refractivity contribution in [2.45, 2.75) is 13.0 Å². The molecule has 7 nitrogen and oxygen atoms in total. The van der Waals surface area contributed by atoms with Crippen LogP contribution in [0.15, 0.2) is 65.6 Å². The predicted molar refractivity (Wildman–Crippen MR) is 118 cm³/mol. The van der Waals surface area contributed by atoms with Gasteiger partial charge in [-0.1, -0.05) is 41.9 Å². The largest absolute Gasteiger partial charge is 0.368 e. The summed E-state index contributed by atoms with van der Waals surface area (Å²) in [6, 6.07) is 18.2. The molecule has 0 aliphatic rings. The van der Waals surface area contributed by atoms with E-state index in [1.165, 1.54) is 6.20 Å². The van der Waals surface area contributed by atoms with Crippen molar-refractivity contribution in [3.63, 3.8) is 0 Å². The van der Waals surface area contributed by atoms with E-state index in [1.54, 1.807) is 16.7 Å². The number of halogens is 1. The van der Waals surface area contributed by atoms with Crippen molar-refractivity contribution >= 4 is 34.1 Å². The Labute approximate surface area is 177 Å². The molecule has 2 heterocycles. The highest BCUT2D eigenvalue weighted by Gasteiger charge is 2.19. The summed E-state index contributed by atoms with van der Waals surface area (Å²) in [7, 11) is 0. The van der Waals surface area contributed by atoms with Gasteiger partial charge in [0.1, 0.15) is 17.5 Å². The third-order valence-electron chi connectivity index (χ3n) is 4.76. The second-order valence-electron chi connectivity index (χ2n) is 6.72. The number of rotatable bonds is 4. The predicted octanol–water partition coefficient (Wildman–Crippen LogP) is 4.06. The second-order valence-corrected chi connectivity index (χ2v) is 7.12. The van der Waals surface area contributed by atoms with E-state index in [-0.39, 0.29) is 23.1 Å². The Hall–Kier alpha value is -3.89. The monoisotopic (exact) mass is 416 g/mol. The molecular formula is C22H17ClN6O. The first-order valence-corrected chi connectivity index (χ1v) is 9.56. The number of nitriles is 1. The molecule has 2 aromatic carbocycles. The van der Waals surface area contributed by atoms with Gasteiger partial charge in [0.25, 0.3) is 5.56 Å². The zero-order chi connectivity index (χ0) is 21.3. The minimum atomic E-state index is -0.386. The van der Waals surface area contributed by atoms with Crippen LogP contribution in [0, 0.1) is 11.3 Å². The summed E-state index contributed by atoms with van der Waals surface area (Å²) in [4.78, 5) is 21.4. The van der Waals surface area contributed by atoms with E-state index in [2.05, 4.69) is 15.3 Å². The molecule has 4 aromatic rings. The van der Waals surface area contributed by atoms with Gasteiger partial charge in [0, 0.05) is 11.4 Å². The van der Waals surface area contributed by atoms with Crippen LogP contribution in [0.3, 0.4) is 0 Å². The molecule has 148 valence electrons. The summed E-state index contributed by atoms with van der Waals surface area (Å²) in [5.74, 6) is 0.352. The fourth-order valence-corrected chi connectivity index (χ4v) is 3.63. The van der Waals surface area contributed by atoms with Crippen LogP contribution >= 0.6 is 11.6 Å². The third kappa shape index (κ3) is 3.45. The first kappa shape index (κ1) is 19.4. The average molecular weight is 417 g/mol. The van der Waals surface area contributed by atoms with Gasteiger partial charge >= 0.3 is 0 Å². The van der Waals surface area contributed by atoms with Crippen molar-refractivity contribution in [1.29, 1.82) is 5.26 Å². The number of fused-ring (bicyclic) bond motifs is 1. The van der Waals surface area contributed by atoms with Crippen LogP contribution in [-0.4, -0.2) is 14.5 Å². The van der Waals surface area contributed by atoms with E-state index in [0.29, 0.717) is 27.6 Å². The van der Waals surface area contributed by atoms with Crippen LogP contribution in [0.25, 0.3) is 16.5 Å². The zero-order valence-electron chi connectivity index (χ0n) is 16.0. The highest BCUT2D eigenvalue weighted by Crippen LogP contribution is 2.27. The van der Waals surface area contributed by atoms with Crippen LogP contribution in [0.2, 0.25) is 5.02 Å². The summed E-state index contributed by atoms with van der Waals surface area (Å²) >= 11 is 6.34. The number of nitrogens with one attached hydrogen (secondary N) is 1. The summed E-state index contributed by atoms with van der Waals surface area (Å²) in [6.45, 7) is 1.88. The highest BCUT2D eigenvalue weighted by atomic mass is 35.5. The lowest BCUT2D eigenvalue weighted by molar-refractivity contribution is 0.772. The average Bonchev–Trinajstić information content (AvgIpc) is 2.74. The van der Waals surface area contributed by atoms with Gasteiger partial charge in [0.15, 0.2) is 0 Å². The SMILES string of the molecule is C[C@@H](Nc1nc(N)ncc1C#N)c1cc2cccc(Cl)c2c(=O)n1-c1ccccc1. The zero-order valence-corrected chi connectivity index (χ0v) is 16.8. The van der Waals surface area contributed by atoms with Crippen molar-refractivity contribution in [2.24, 2.45) is 0 Å². The van der Waals surface area contributed by atoms with E-state index in [4.69, 9.17) is 17.3 Å². The maximum absolute atomic E-state index is 13.5. The van der Waals surface area contributed by atoms with Gasteiger partial charge in [-0.15, -0.1) is 0 Å². The van der Waals surface area contributed by atoms with Crippen LogP contribution in [0.4, 0.5) is 11.8 Å². The maximum Gasteiger partial charge on any atom is 0.264 e. The Kier molecular flexibility index (Phi) is 5.09. The van der Waals surface area contributed by atoms with Gasteiger partial charge in [-0.05, 0) is 36.6 Å². The highest BCUT2D eigenvalue weighted by molar-refractivity contribution is 6.35. The summed E-state index contributed by atoms with van der Waals surface area (Å²) in [6.07, 6.45) is 1.36. The van der Waals surface area contributed by atoms with Crippen molar-refractivity contribution in [3.8, 4) is 11.8 Å². The molecule has 0 saturated heterocycles. The molecule has 3 N–H and O–H groups in total. The van der Waals surface area contributed by atoms with Gasteiger partial charge in [-0.3, -0.25) is 9.36 Å². The lowest BCUT2D eigenvalue weighted by Crippen LogP contribution is -2.26. The smallest absolute Gasteiger partial charge is 0.264 e. The van der Waals surface area contributed by atoms with E-state index in [1.807, 2.05) is 55.5 Å². The van der Waals surface area contributed by atoms with Crippen LogP contribution < -0.4 is 16.6 Å². The first-order valence-electron chi connectivity index (χ1n) is 9.18. The van der Waals surface area contributed by atoms with E-state index < -0.39 is 0 Å². The molecule has 0 aliphatic carbocycles. The van der Waals surface area contributed by atoms with Gasteiger partial charge in [-0.2, -0.15) is 10.2 Å². The number of nitrogens with two attached hydrogens (primary N) is 1. The minimum absolute atomic E-state index is 0.0504. The van der Waals surface area contributed by atoms with Crippen molar-refractivity contribution in [1.82, 2.24) is 14.5 Å². The van der Waals surface area contributed by atoms with Crippen LogP contribution in [0.1, 0.15) is 24.2 Å². The summed E-state index contributed by atoms with van der Waals surface area (Å²) < 4.78 is 1.61. The first-order chi connectivity index (χ1) is 14.5. The second kappa shape index (κ2) is 7.85. The molecule has 1 atom stereocenters. The van der Waals surface area contributed by atoms with Crippen molar-refractivity contribution in [3.05, 3.63) is 87.4 Å². The number of para-hydroxylation sites is 1. The quantitative estimate of drug-likeness (QED) is 0.519. The lowest BCUT2D eigenvalue weighted by Gasteiger charge is -2.22. The van der Waals surface area contributed by atoms with E-state index in [9.17, 15) is 10.1 Å². The fourth-order valence-electron chi connectivity index (χ4n) is 3.37. The fraction of sp³-hybridized carbons (Fsp3) is 0.0909. The molecule has 30 heavy (non-hydrogen) atoms. The molecule has 2 aromatic heterocycles. The molecule has 0 radical (unpaired) electrons. The Morgan fingerprint density at radius 1 is 1.20 bits per heavy atom. The Balaban J connectivity index is 1.93. The molecular weight excluding hydrogens is 400 g/mol. The van der Waals surface area contributed by atoms with Crippen LogP contribution in [0.5, 0.6) is 0 Å². The molecule has 0 aliphatic heterocycles. The minimum Gasteiger partial charge on any atom is -0.368 e. The Bertz CT molecular complexity index is 1340. The number of nitrogen functional groups attached to an aromatic ring is 1. The molecule has 0 fully saturated rings. The van der Waals surface area contributed by atoms with Gasteiger partial charge in [-0.25, -0.2) is 4.98 Å². The number of hydrogen-bond acceptors (Lipinski definition) is 6. The van der Waals surface area contributed by atoms with Gasteiger partial charge in [0.05, 0.1) is 22.6 Å². The molecule has 4 rings (SSSR count). The molecule has 0 amide bonds. The Morgan fingerprint density at radius 2 is 1.97 bits per heavy atom. The topological polar surface area (TPSA) is 110 Å². The number of hydrogen-bond donors (Lipinski definition) is 2. The van der Waals surface area contributed by atoms with Crippen LogP contribution in [-0.2, 0) is 0 Å². The standard InChI is InChI=1S/C22H17ClN6O/c1-13(27-20-15(11-24)12-26-22(25)28-20)18-10-14-6-5-9-17(23)19(14)21(30)29(18)16-7-3-2-4-8-16/h2-10,12-13H,1H3,(H3,25,26,27,28)/t13-/m1/s1. The molecule has 8 heteroatoms. The molecule has 0 saturated carbocycles. The van der Waals surface area contributed by atoms with Gasteiger partial charge in [0.2, 0.25) is 5.95 Å². The number of nitrogens with zero attached hydrogens (tertiary/aromatic N) is 4. The van der Waals surface area contributed by atoms with Crippen molar-refractivity contribution in [2.75, 3.05) is 11.1 Å².